The van der Waals surface area contributed by atoms with Crippen LogP contribution in [0.1, 0.15) is 31.7 Å². The number of rotatable bonds is 4. The highest BCUT2D eigenvalue weighted by Crippen LogP contribution is 2.46. The quantitative estimate of drug-likeness (QED) is 0.864. The van der Waals surface area contributed by atoms with Gasteiger partial charge in [0.2, 0.25) is 0 Å². The number of benzene rings is 1. The van der Waals surface area contributed by atoms with Crippen LogP contribution in [-0.2, 0) is 9.53 Å². The van der Waals surface area contributed by atoms with E-state index in [1.165, 1.54) is 36.5 Å². The van der Waals surface area contributed by atoms with Crippen molar-refractivity contribution in [2.75, 3.05) is 6.61 Å². The first-order valence-corrected chi connectivity index (χ1v) is 7.41. The predicted molar refractivity (Wildman–Crippen MR) is 81.4 cm³/mol. The summed E-state index contributed by atoms with van der Waals surface area (Å²) in [7, 11) is 0. The third-order valence-corrected chi connectivity index (χ3v) is 4.08. The number of esters is 1. The largest absolute Gasteiger partial charge is 0.462 e. The molecule has 21 heavy (non-hydrogen) atoms. The van der Waals surface area contributed by atoms with E-state index in [1.54, 1.807) is 6.08 Å². The maximum Gasteiger partial charge on any atom is 0.302 e. The highest BCUT2D eigenvalue weighted by Gasteiger charge is 2.37. The van der Waals surface area contributed by atoms with Crippen LogP contribution in [-0.4, -0.2) is 23.3 Å². The lowest BCUT2D eigenvalue weighted by Crippen LogP contribution is -2.35. The Morgan fingerprint density at radius 3 is 2.67 bits per heavy atom. The van der Waals surface area contributed by atoms with E-state index in [-0.39, 0.29) is 12.6 Å². The molecule has 3 heteroatoms. The van der Waals surface area contributed by atoms with Gasteiger partial charge in [-0.25, -0.2) is 0 Å². The van der Waals surface area contributed by atoms with Crippen LogP contribution >= 0.6 is 0 Å². The number of carbonyl (C=O) groups excluding carboxylic acids is 1. The summed E-state index contributed by atoms with van der Waals surface area (Å²) < 4.78 is 5.01. The zero-order valence-electron chi connectivity index (χ0n) is 12.2. The Balaban J connectivity index is 1.87. The zero-order valence-corrected chi connectivity index (χ0v) is 12.2. The van der Waals surface area contributed by atoms with Gasteiger partial charge in [-0.1, -0.05) is 42.0 Å². The fraction of sp³-hybridized carbons (Fsp3) is 0.389. The molecule has 110 valence electrons. The SMILES string of the molecule is CC(=O)OCC1(O)C=CC(c2ccccc2)=C(C2CC2)C1. The van der Waals surface area contributed by atoms with Gasteiger partial charge in [-0.2, -0.15) is 0 Å². The minimum absolute atomic E-state index is 0.0249. The minimum atomic E-state index is -1.07. The van der Waals surface area contributed by atoms with E-state index >= 15 is 0 Å². The monoisotopic (exact) mass is 284 g/mol. The van der Waals surface area contributed by atoms with Crippen molar-refractivity contribution in [2.45, 2.75) is 31.8 Å². The second-order valence-corrected chi connectivity index (χ2v) is 5.97. The number of carbonyl (C=O) groups is 1. The smallest absolute Gasteiger partial charge is 0.302 e. The first kappa shape index (κ1) is 14.1. The number of ether oxygens (including phenoxy) is 1. The number of hydrogen-bond donors (Lipinski definition) is 1. The van der Waals surface area contributed by atoms with Crippen LogP contribution in [0.25, 0.3) is 5.57 Å². The van der Waals surface area contributed by atoms with Crippen LogP contribution in [0.15, 0.2) is 48.1 Å². The summed E-state index contributed by atoms with van der Waals surface area (Å²) in [5.41, 5.74) is 2.62. The van der Waals surface area contributed by atoms with Gasteiger partial charge in [0.1, 0.15) is 12.2 Å². The molecule has 0 bridgehead atoms. The van der Waals surface area contributed by atoms with E-state index in [4.69, 9.17) is 4.74 Å². The molecule has 1 fully saturated rings. The second kappa shape index (κ2) is 5.49. The lowest BCUT2D eigenvalue weighted by Gasteiger charge is -2.30. The molecule has 0 aromatic heterocycles. The van der Waals surface area contributed by atoms with Gasteiger partial charge in [0, 0.05) is 13.3 Å². The molecule has 1 unspecified atom stereocenters. The van der Waals surface area contributed by atoms with Gasteiger partial charge in [0.05, 0.1) is 0 Å². The van der Waals surface area contributed by atoms with Gasteiger partial charge in [-0.05, 0) is 36.0 Å². The highest BCUT2D eigenvalue weighted by atomic mass is 16.5. The summed E-state index contributed by atoms with van der Waals surface area (Å²) in [4.78, 5) is 11.0. The van der Waals surface area contributed by atoms with Gasteiger partial charge in [0.25, 0.3) is 0 Å². The molecule has 2 aliphatic carbocycles. The van der Waals surface area contributed by atoms with E-state index in [2.05, 4.69) is 12.1 Å². The molecule has 3 nitrogen and oxygen atoms in total. The molecule has 1 aromatic carbocycles. The Hall–Kier alpha value is -1.87. The van der Waals surface area contributed by atoms with Crippen LogP contribution in [0.2, 0.25) is 0 Å². The van der Waals surface area contributed by atoms with Crippen molar-refractivity contribution in [3.63, 3.8) is 0 Å². The lowest BCUT2D eigenvalue weighted by molar-refractivity contribution is -0.146. The summed E-state index contributed by atoms with van der Waals surface area (Å²) in [6, 6.07) is 10.3. The second-order valence-electron chi connectivity index (χ2n) is 5.97. The van der Waals surface area contributed by atoms with Crippen LogP contribution in [0.3, 0.4) is 0 Å². The first-order chi connectivity index (χ1) is 10.1. The van der Waals surface area contributed by atoms with Gasteiger partial charge >= 0.3 is 5.97 Å². The zero-order chi connectivity index (χ0) is 14.9. The topological polar surface area (TPSA) is 46.5 Å². The normalized spacial score (nSPS) is 25.0. The van der Waals surface area contributed by atoms with E-state index < -0.39 is 5.60 Å². The van der Waals surface area contributed by atoms with Crippen molar-refractivity contribution in [1.82, 2.24) is 0 Å². The van der Waals surface area contributed by atoms with Gasteiger partial charge in [0.15, 0.2) is 0 Å². The van der Waals surface area contributed by atoms with Crippen molar-refractivity contribution >= 4 is 11.5 Å². The molecule has 0 radical (unpaired) electrons. The standard InChI is InChI=1S/C18H20O3/c1-13(19)21-12-18(20)10-9-16(14-5-3-2-4-6-14)17(11-18)15-7-8-15/h2-6,9-10,15,20H,7-8,11-12H2,1H3. The highest BCUT2D eigenvalue weighted by molar-refractivity contribution is 5.79. The van der Waals surface area contributed by atoms with Crippen molar-refractivity contribution in [3.05, 3.63) is 53.6 Å². The molecule has 1 atom stereocenters. The summed E-state index contributed by atoms with van der Waals surface area (Å²) in [5, 5.41) is 10.6. The number of allylic oxidation sites excluding steroid dienone is 2. The van der Waals surface area contributed by atoms with Crippen molar-refractivity contribution in [1.29, 1.82) is 0 Å². The van der Waals surface area contributed by atoms with Gasteiger partial charge < -0.3 is 9.84 Å². The summed E-state index contributed by atoms with van der Waals surface area (Å²) in [5.74, 6) is 0.205. The van der Waals surface area contributed by atoms with Crippen LogP contribution in [0.5, 0.6) is 0 Å². The van der Waals surface area contributed by atoms with Crippen LogP contribution < -0.4 is 0 Å². The minimum Gasteiger partial charge on any atom is -0.462 e. The Morgan fingerprint density at radius 1 is 1.33 bits per heavy atom. The average Bonchev–Trinajstić information content (AvgIpc) is 3.31. The maximum atomic E-state index is 11.0. The molecule has 2 aliphatic rings. The Bertz CT molecular complexity index is 596. The molecule has 0 spiro atoms. The summed E-state index contributed by atoms with van der Waals surface area (Å²) in [6.07, 6.45) is 6.66. The fourth-order valence-corrected chi connectivity index (χ4v) is 2.85. The molecule has 3 rings (SSSR count). The molecular formula is C18H20O3. The Morgan fingerprint density at radius 2 is 2.05 bits per heavy atom. The van der Waals surface area contributed by atoms with Gasteiger partial charge in [-0.3, -0.25) is 4.79 Å². The Labute approximate surface area is 124 Å². The molecule has 0 saturated heterocycles. The van der Waals surface area contributed by atoms with Crippen LogP contribution in [0, 0.1) is 5.92 Å². The molecule has 0 heterocycles. The fourth-order valence-electron chi connectivity index (χ4n) is 2.85. The predicted octanol–water partition coefficient (Wildman–Crippen LogP) is 3.10. The summed E-state index contributed by atoms with van der Waals surface area (Å²) in [6.45, 7) is 1.39. The molecule has 1 N–H and O–H groups in total. The maximum absolute atomic E-state index is 11.0. The molecular weight excluding hydrogens is 264 g/mol. The van der Waals surface area contributed by atoms with Crippen molar-refractivity contribution in [2.24, 2.45) is 5.92 Å². The van der Waals surface area contributed by atoms with Crippen molar-refractivity contribution in [3.8, 4) is 0 Å². The number of hydrogen-bond acceptors (Lipinski definition) is 3. The van der Waals surface area contributed by atoms with E-state index in [9.17, 15) is 9.90 Å². The van der Waals surface area contributed by atoms with E-state index in [1.807, 2.05) is 24.3 Å². The molecule has 1 aromatic rings. The third kappa shape index (κ3) is 3.24. The molecule has 0 aliphatic heterocycles. The lowest BCUT2D eigenvalue weighted by atomic mass is 9.82. The molecule has 1 saturated carbocycles. The van der Waals surface area contributed by atoms with Gasteiger partial charge in [-0.15, -0.1) is 0 Å². The van der Waals surface area contributed by atoms with Crippen molar-refractivity contribution < 1.29 is 14.6 Å². The number of aliphatic hydroxyl groups is 1. The van der Waals surface area contributed by atoms with E-state index in [0.29, 0.717) is 12.3 Å². The first-order valence-electron chi connectivity index (χ1n) is 7.41. The average molecular weight is 284 g/mol. The molecule has 0 amide bonds. The van der Waals surface area contributed by atoms with Crippen LogP contribution in [0.4, 0.5) is 0 Å². The van der Waals surface area contributed by atoms with E-state index in [0.717, 1.165) is 0 Å². The third-order valence-electron chi connectivity index (χ3n) is 4.08. The Kier molecular flexibility index (Phi) is 3.68. The summed E-state index contributed by atoms with van der Waals surface area (Å²) >= 11 is 0.